The molecule has 0 fully saturated rings. The number of carbonyl (C=O) groups is 1. The average Bonchev–Trinajstić information content (AvgIpc) is 3.48. The summed E-state index contributed by atoms with van der Waals surface area (Å²) in [4.78, 5) is 32.5. The van der Waals surface area contributed by atoms with Gasteiger partial charge in [-0.2, -0.15) is 5.10 Å². The highest BCUT2D eigenvalue weighted by molar-refractivity contribution is 7.17. The third kappa shape index (κ3) is 3.98. The summed E-state index contributed by atoms with van der Waals surface area (Å²) in [5.41, 5.74) is 1.43. The van der Waals surface area contributed by atoms with Gasteiger partial charge >= 0.3 is 5.00 Å². The smallest absolute Gasteiger partial charge is 0.305 e. The molecule has 0 saturated carbocycles. The lowest BCUT2D eigenvalue weighted by molar-refractivity contribution is -0.380. The largest absolute Gasteiger partial charge is 0.324 e. The first-order valence-electron chi connectivity index (χ1n) is 9.73. The van der Waals surface area contributed by atoms with Gasteiger partial charge < -0.3 is 5.32 Å². The normalized spacial score (nSPS) is 11.0. The molecule has 0 unspecified atom stereocenters. The van der Waals surface area contributed by atoms with Crippen LogP contribution in [0.3, 0.4) is 0 Å². The molecule has 168 valence electrons. The van der Waals surface area contributed by atoms with E-state index in [9.17, 15) is 19.3 Å². The number of nitro groups is 1. The van der Waals surface area contributed by atoms with Crippen molar-refractivity contribution in [2.45, 2.75) is 0 Å². The number of carbonyl (C=O) groups excluding carboxylic acids is 1. The fourth-order valence-electron chi connectivity index (χ4n) is 3.25. The zero-order valence-electron chi connectivity index (χ0n) is 17.0. The molecule has 12 heteroatoms. The van der Waals surface area contributed by atoms with Gasteiger partial charge in [-0.15, -0.1) is 0 Å². The van der Waals surface area contributed by atoms with Crippen LogP contribution in [-0.2, 0) is 0 Å². The molecule has 1 N–H and O–H groups in total. The molecule has 9 nitrogen and oxygen atoms in total. The van der Waals surface area contributed by atoms with Crippen LogP contribution in [0.4, 0.5) is 15.2 Å². The predicted molar refractivity (Wildman–Crippen MR) is 126 cm³/mol. The van der Waals surface area contributed by atoms with Crippen LogP contribution in [-0.4, -0.2) is 30.6 Å². The van der Waals surface area contributed by atoms with E-state index >= 15 is 0 Å². The van der Waals surface area contributed by atoms with Gasteiger partial charge in [0.05, 0.1) is 32.1 Å². The third-order valence-corrected chi connectivity index (χ3v) is 6.21. The molecule has 3 heterocycles. The van der Waals surface area contributed by atoms with Crippen LogP contribution in [0.5, 0.6) is 0 Å². The minimum atomic E-state index is -0.572. The SMILES string of the molecule is O=C(Nc1nc(-c2ccccc2Cl)nc2c1cnn2-c1ccc(F)cc1)c1ccc([N+](=O)[O-])s1. The number of benzene rings is 2. The second kappa shape index (κ2) is 8.61. The Bertz CT molecular complexity index is 1570. The number of fused-ring (bicyclic) bond motifs is 1. The van der Waals surface area contributed by atoms with Gasteiger partial charge in [0.2, 0.25) is 0 Å². The Kier molecular flexibility index (Phi) is 5.48. The standard InChI is InChI=1S/C22H12ClFN6O3S/c23-16-4-2-1-3-14(16)19-26-20(28-22(31)17-9-10-18(34-17)30(32)33)15-11-25-29(21(15)27-19)13-7-5-12(24)6-8-13/h1-11H,(H,26,27,28,31). The molecule has 0 aliphatic carbocycles. The molecule has 3 aromatic heterocycles. The van der Waals surface area contributed by atoms with Crippen LogP contribution < -0.4 is 5.32 Å². The molecule has 5 aromatic rings. The minimum Gasteiger partial charge on any atom is -0.305 e. The second-order valence-corrected chi connectivity index (χ2v) is 8.46. The van der Waals surface area contributed by atoms with Crippen molar-refractivity contribution in [1.29, 1.82) is 0 Å². The van der Waals surface area contributed by atoms with Gasteiger partial charge in [-0.05, 0) is 42.5 Å². The second-order valence-electron chi connectivity index (χ2n) is 6.99. The lowest BCUT2D eigenvalue weighted by Gasteiger charge is -2.10. The van der Waals surface area contributed by atoms with Crippen molar-refractivity contribution in [3.05, 3.63) is 92.7 Å². The Morgan fingerprint density at radius 3 is 2.56 bits per heavy atom. The highest BCUT2D eigenvalue weighted by Gasteiger charge is 2.20. The number of halogens is 2. The molecule has 0 bridgehead atoms. The summed E-state index contributed by atoms with van der Waals surface area (Å²) in [5, 5.41) is 18.7. The first-order valence-corrected chi connectivity index (χ1v) is 10.9. The lowest BCUT2D eigenvalue weighted by atomic mass is 10.2. The molecule has 0 saturated heterocycles. The number of hydrogen-bond acceptors (Lipinski definition) is 7. The van der Waals surface area contributed by atoms with E-state index in [1.54, 1.807) is 36.4 Å². The first kappa shape index (κ1) is 21.6. The van der Waals surface area contributed by atoms with Crippen molar-refractivity contribution in [1.82, 2.24) is 19.7 Å². The molecule has 0 aliphatic rings. The number of hydrogen-bond donors (Lipinski definition) is 1. The summed E-state index contributed by atoms with van der Waals surface area (Å²) >= 11 is 7.10. The van der Waals surface area contributed by atoms with Gasteiger partial charge in [0.25, 0.3) is 5.91 Å². The van der Waals surface area contributed by atoms with Crippen molar-refractivity contribution in [2.75, 3.05) is 5.32 Å². The Balaban J connectivity index is 1.65. The van der Waals surface area contributed by atoms with E-state index in [1.807, 2.05) is 0 Å². The Labute approximate surface area is 199 Å². The molecule has 2 aromatic carbocycles. The maximum atomic E-state index is 13.4. The van der Waals surface area contributed by atoms with Gasteiger partial charge in [0.1, 0.15) is 11.6 Å². The molecule has 0 atom stereocenters. The topological polar surface area (TPSA) is 116 Å². The fourth-order valence-corrected chi connectivity index (χ4v) is 4.19. The van der Waals surface area contributed by atoms with E-state index < -0.39 is 16.6 Å². The van der Waals surface area contributed by atoms with Crippen molar-refractivity contribution in [3.8, 4) is 17.1 Å². The summed E-state index contributed by atoms with van der Waals surface area (Å²) in [6.45, 7) is 0. The number of anilines is 1. The van der Waals surface area contributed by atoms with Gasteiger partial charge in [-0.1, -0.05) is 35.1 Å². The van der Waals surface area contributed by atoms with Gasteiger partial charge in [-0.25, -0.2) is 19.0 Å². The Hall–Kier alpha value is -4.22. The maximum Gasteiger partial charge on any atom is 0.324 e. The number of nitrogens with zero attached hydrogens (tertiary/aromatic N) is 5. The molecule has 1 amide bonds. The quantitative estimate of drug-likeness (QED) is 0.255. The van der Waals surface area contributed by atoms with Crippen LogP contribution in [0, 0.1) is 15.9 Å². The van der Waals surface area contributed by atoms with Crippen molar-refractivity contribution in [2.24, 2.45) is 0 Å². The molecular formula is C22H12ClFN6O3S. The summed E-state index contributed by atoms with van der Waals surface area (Å²) in [6, 6.07) is 15.3. The van der Waals surface area contributed by atoms with Crippen molar-refractivity contribution < 1.29 is 14.1 Å². The number of rotatable bonds is 5. The Morgan fingerprint density at radius 1 is 1.09 bits per heavy atom. The summed E-state index contributed by atoms with van der Waals surface area (Å²) in [7, 11) is 0. The lowest BCUT2D eigenvalue weighted by Crippen LogP contribution is -2.12. The van der Waals surface area contributed by atoms with E-state index in [4.69, 9.17) is 11.6 Å². The van der Waals surface area contributed by atoms with Gasteiger partial charge in [0.15, 0.2) is 11.5 Å². The molecule has 0 radical (unpaired) electrons. The monoisotopic (exact) mass is 494 g/mol. The van der Waals surface area contributed by atoms with Crippen LogP contribution in [0.2, 0.25) is 5.02 Å². The van der Waals surface area contributed by atoms with Crippen LogP contribution in [0.15, 0.2) is 66.9 Å². The molecule has 5 rings (SSSR count). The van der Waals surface area contributed by atoms with Crippen molar-refractivity contribution >= 4 is 50.7 Å². The molecule has 0 aliphatic heterocycles. The highest BCUT2D eigenvalue weighted by atomic mass is 35.5. The molecular weight excluding hydrogens is 483 g/mol. The zero-order valence-corrected chi connectivity index (χ0v) is 18.5. The molecule has 0 spiro atoms. The first-order chi connectivity index (χ1) is 16.4. The van der Waals surface area contributed by atoms with Crippen molar-refractivity contribution in [3.63, 3.8) is 0 Å². The number of thiophene rings is 1. The van der Waals surface area contributed by atoms with Crippen LogP contribution in [0.1, 0.15) is 9.67 Å². The predicted octanol–water partition coefficient (Wildman–Crippen LogP) is 5.50. The zero-order chi connectivity index (χ0) is 23.8. The van der Waals surface area contributed by atoms with E-state index in [0.717, 1.165) is 11.3 Å². The van der Waals surface area contributed by atoms with Crippen LogP contribution in [0.25, 0.3) is 28.1 Å². The minimum absolute atomic E-state index is 0.142. The van der Waals surface area contributed by atoms with Gasteiger partial charge in [-0.3, -0.25) is 14.9 Å². The van der Waals surface area contributed by atoms with E-state index in [1.165, 1.54) is 35.1 Å². The van der Waals surface area contributed by atoms with Gasteiger partial charge in [0, 0.05) is 11.6 Å². The average molecular weight is 495 g/mol. The maximum absolute atomic E-state index is 13.4. The van der Waals surface area contributed by atoms with E-state index in [2.05, 4.69) is 20.4 Å². The number of nitrogens with one attached hydrogen (secondary N) is 1. The van der Waals surface area contributed by atoms with E-state index in [0.29, 0.717) is 27.3 Å². The summed E-state index contributed by atoms with van der Waals surface area (Å²) in [6.07, 6.45) is 1.47. The Morgan fingerprint density at radius 2 is 1.85 bits per heavy atom. The number of amides is 1. The summed E-state index contributed by atoms with van der Waals surface area (Å²) in [5.74, 6) is -0.592. The van der Waals surface area contributed by atoms with E-state index in [-0.39, 0.29) is 21.5 Å². The number of aromatic nitrogens is 4. The molecule has 34 heavy (non-hydrogen) atoms. The fraction of sp³-hybridized carbons (Fsp3) is 0. The third-order valence-electron chi connectivity index (χ3n) is 4.84. The van der Waals surface area contributed by atoms with Crippen LogP contribution >= 0.6 is 22.9 Å². The summed E-state index contributed by atoms with van der Waals surface area (Å²) < 4.78 is 14.9. The highest BCUT2D eigenvalue weighted by Crippen LogP contribution is 2.31.